The second-order valence-corrected chi connectivity index (χ2v) is 8.26. The lowest BCUT2D eigenvalue weighted by Crippen LogP contribution is -2.28. The van der Waals surface area contributed by atoms with Crippen molar-refractivity contribution in [1.29, 1.82) is 0 Å². The van der Waals surface area contributed by atoms with Crippen LogP contribution in [0.2, 0.25) is 0 Å². The zero-order valence-electron chi connectivity index (χ0n) is 17.9. The lowest BCUT2D eigenvalue weighted by atomic mass is 9.96. The monoisotopic (exact) mass is 400 g/mol. The van der Waals surface area contributed by atoms with Crippen molar-refractivity contribution in [3.8, 4) is 11.1 Å². The van der Waals surface area contributed by atoms with Crippen LogP contribution in [0.4, 0.5) is 10.1 Å². The Morgan fingerprint density at radius 1 is 0.900 bits per heavy atom. The van der Waals surface area contributed by atoms with Gasteiger partial charge in [-0.1, -0.05) is 48.5 Å². The molecule has 0 radical (unpaired) electrons. The Labute approximate surface area is 179 Å². The number of rotatable bonds is 5. The van der Waals surface area contributed by atoms with Crippen LogP contribution in [0.15, 0.2) is 65.7 Å². The fourth-order valence-corrected chi connectivity index (χ4v) is 4.09. The van der Waals surface area contributed by atoms with E-state index >= 15 is 0 Å². The molecule has 154 valence electrons. The van der Waals surface area contributed by atoms with Crippen LogP contribution in [0, 0.1) is 19.7 Å². The summed E-state index contributed by atoms with van der Waals surface area (Å²) in [7, 11) is 0. The summed E-state index contributed by atoms with van der Waals surface area (Å²) in [6, 6.07) is 19.6. The van der Waals surface area contributed by atoms with E-state index in [4.69, 9.17) is 4.99 Å². The normalized spacial score (nSPS) is 14.4. The fourth-order valence-electron chi connectivity index (χ4n) is 4.09. The van der Waals surface area contributed by atoms with Gasteiger partial charge in [0.25, 0.3) is 0 Å². The van der Waals surface area contributed by atoms with E-state index in [-0.39, 0.29) is 5.82 Å². The van der Waals surface area contributed by atoms with Gasteiger partial charge in [-0.3, -0.25) is 0 Å². The maximum absolute atomic E-state index is 14.0. The first-order chi connectivity index (χ1) is 14.6. The molecule has 0 spiro atoms. The highest BCUT2D eigenvalue weighted by atomic mass is 19.1. The molecule has 1 aliphatic heterocycles. The Morgan fingerprint density at radius 2 is 1.63 bits per heavy atom. The van der Waals surface area contributed by atoms with Crippen molar-refractivity contribution in [3.63, 3.8) is 0 Å². The molecule has 0 bridgehead atoms. The van der Waals surface area contributed by atoms with Crippen LogP contribution in [0.5, 0.6) is 0 Å². The molecule has 0 unspecified atom stereocenters. The molecule has 3 aromatic carbocycles. The minimum absolute atomic E-state index is 0.183. The highest BCUT2D eigenvalue weighted by molar-refractivity contribution is 5.65. The number of aliphatic imine (C=N–C) groups is 1. The summed E-state index contributed by atoms with van der Waals surface area (Å²) >= 11 is 0. The van der Waals surface area contributed by atoms with E-state index in [0.717, 1.165) is 30.8 Å². The van der Waals surface area contributed by atoms with Gasteiger partial charge >= 0.3 is 0 Å². The Kier molecular flexibility index (Phi) is 6.27. The minimum Gasteiger partial charge on any atom is -0.363 e. The molecule has 1 fully saturated rings. The topological polar surface area (TPSA) is 15.6 Å². The highest BCUT2D eigenvalue weighted by Crippen LogP contribution is 2.27. The molecule has 0 amide bonds. The van der Waals surface area contributed by atoms with Gasteiger partial charge in [0.2, 0.25) is 0 Å². The summed E-state index contributed by atoms with van der Waals surface area (Å²) in [6.45, 7) is 6.51. The van der Waals surface area contributed by atoms with Gasteiger partial charge in [0.05, 0.1) is 12.0 Å². The third-order valence-corrected chi connectivity index (χ3v) is 5.94. The molecule has 0 aromatic heterocycles. The van der Waals surface area contributed by atoms with E-state index in [1.54, 1.807) is 6.07 Å². The quantitative estimate of drug-likeness (QED) is 0.338. The zero-order chi connectivity index (χ0) is 20.9. The van der Waals surface area contributed by atoms with Crippen LogP contribution >= 0.6 is 0 Å². The van der Waals surface area contributed by atoms with Gasteiger partial charge < -0.3 is 4.90 Å². The second kappa shape index (κ2) is 9.25. The van der Waals surface area contributed by atoms with Gasteiger partial charge in [0.15, 0.2) is 0 Å². The van der Waals surface area contributed by atoms with Crippen LogP contribution in [-0.2, 0) is 6.42 Å². The molecule has 2 nitrogen and oxygen atoms in total. The van der Waals surface area contributed by atoms with Crippen molar-refractivity contribution in [2.24, 2.45) is 4.99 Å². The van der Waals surface area contributed by atoms with Crippen LogP contribution in [0.25, 0.3) is 11.1 Å². The predicted octanol–water partition coefficient (Wildman–Crippen LogP) is 6.85. The Bertz CT molecular complexity index is 1030. The fraction of sp³-hybridized carbons (Fsp3) is 0.296. The van der Waals surface area contributed by atoms with E-state index < -0.39 is 0 Å². The Morgan fingerprint density at radius 3 is 2.37 bits per heavy atom. The lowest BCUT2D eigenvalue weighted by Gasteiger charge is -2.24. The lowest BCUT2D eigenvalue weighted by molar-refractivity contribution is 0.351. The number of likely N-dealkylation sites (tertiary alicyclic amines) is 1. The number of hydrogen-bond donors (Lipinski definition) is 0. The van der Waals surface area contributed by atoms with Crippen LogP contribution in [0.1, 0.15) is 41.5 Å². The van der Waals surface area contributed by atoms with Gasteiger partial charge in [0, 0.05) is 18.7 Å². The van der Waals surface area contributed by atoms with E-state index in [1.165, 1.54) is 47.6 Å². The average Bonchev–Trinajstić information content (AvgIpc) is 2.77. The predicted molar refractivity (Wildman–Crippen MR) is 124 cm³/mol. The van der Waals surface area contributed by atoms with E-state index in [9.17, 15) is 4.39 Å². The molecule has 1 aliphatic rings. The standard InChI is InChI=1S/C27H29FN2/c1-20-17-27(29-19-30-14-6-3-7-15-30)21(2)16-24(20)18-22-10-12-23(13-11-22)25-8-4-5-9-26(25)28/h4-5,8-13,16-17,19H,3,6-7,14-15,18H2,1-2H3. The molecule has 4 rings (SSSR count). The smallest absolute Gasteiger partial charge is 0.131 e. The molecule has 0 N–H and O–H groups in total. The first-order valence-corrected chi connectivity index (χ1v) is 10.8. The summed E-state index contributed by atoms with van der Waals surface area (Å²) in [6.07, 6.45) is 6.73. The number of halogens is 1. The van der Waals surface area contributed by atoms with Crippen molar-refractivity contribution in [2.45, 2.75) is 39.5 Å². The summed E-state index contributed by atoms with van der Waals surface area (Å²) in [5.74, 6) is -0.183. The number of piperidine rings is 1. The molecule has 1 heterocycles. The number of benzene rings is 3. The van der Waals surface area contributed by atoms with Crippen molar-refractivity contribution in [1.82, 2.24) is 4.90 Å². The Hall–Kier alpha value is -2.94. The van der Waals surface area contributed by atoms with Gasteiger partial charge in [0.1, 0.15) is 5.82 Å². The summed E-state index contributed by atoms with van der Waals surface area (Å²) in [5, 5.41) is 0. The summed E-state index contributed by atoms with van der Waals surface area (Å²) < 4.78 is 14.0. The van der Waals surface area contributed by atoms with E-state index in [1.807, 2.05) is 30.6 Å². The van der Waals surface area contributed by atoms with Crippen LogP contribution in [0.3, 0.4) is 0 Å². The Balaban J connectivity index is 1.48. The van der Waals surface area contributed by atoms with Crippen molar-refractivity contribution in [2.75, 3.05) is 13.1 Å². The van der Waals surface area contributed by atoms with E-state index in [0.29, 0.717) is 5.56 Å². The molecule has 0 atom stereocenters. The van der Waals surface area contributed by atoms with Crippen molar-refractivity contribution < 1.29 is 4.39 Å². The third-order valence-electron chi connectivity index (χ3n) is 5.94. The maximum Gasteiger partial charge on any atom is 0.131 e. The van der Waals surface area contributed by atoms with Gasteiger partial charge in [-0.2, -0.15) is 0 Å². The van der Waals surface area contributed by atoms with Gasteiger partial charge in [-0.05, 0) is 79.5 Å². The van der Waals surface area contributed by atoms with E-state index in [2.05, 4.69) is 43.0 Å². The number of hydrogen-bond acceptors (Lipinski definition) is 1. The molecule has 3 heteroatoms. The van der Waals surface area contributed by atoms with Gasteiger partial charge in [-0.25, -0.2) is 9.38 Å². The van der Waals surface area contributed by atoms with Crippen LogP contribution in [-0.4, -0.2) is 24.3 Å². The minimum atomic E-state index is -0.183. The molecule has 30 heavy (non-hydrogen) atoms. The molecular weight excluding hydrogens is 371 g/mol. The molecule has 3 aromatic rings. The maximum atomic E-state index is 14.0. The SMILES string of the molecule is Cc1cc(N=CN2CCCCC2)c(C)cc1Cc1ccc(-c2ccccc2F)cc1. The average molecular weight is 401 g/mol. The first kappa shape index (κ1) is 20.3. The molecule has 1 saturated heterocycles. The van der Waals surface area contributed by atoms with Gasteiger partial charge in [-0.15, -0.1) is 0 Å². The highest BCUT2D eigenvalue weighted by Gasteiger charge is 2.09. The first-order valence-electron chi connectivity index (χ1n) is 10.8. The number of nitrogens with zero attached hydrogens (tertiary/aromatic N) is 2. The molecule has 0 saturated carbocycles. The largest absolute Gasteiger partial charge is 0.363 e. The molecular formula is C27H29FN2. The third kappa shape index (κ3) is 4.79. The zero-order valence-corrected chi connectivity index (χ0v) is 17.9. The summed E-state index contributed by atoms with van der Waals surface area (Å²) in [4.78, 5) is 7.08. The van der Waals surface area contributed by atoms with Crippen molar-refractivity contribution in [3.05, 3.63) is 88.7 Å². The molecule has 0 aliphatic carbocycles. The van der Waals surface area contributed by atoms with Crippen LogP contribution < -0.4 is 0 Å². The number of aryl methyl sites for hydroxylation is 2. The van der Waals surface area contributed by atoms with Crippen molar-refractivity contribution >= 4 is 12.0 Å². The second-order valence-electron chi connectivity index (χ2n) is 8.26. The summed E-state index contributed by atoms with van der Waals surface area (Å²) in [5.41, 5.74) is 7.59.